The van der Waals surface area contributed by atoms with Gasteiger partial charge in [0.2, 0.25) is 5.91 Å². The SMILES string of the molecule is CC(C)c1cc(-c2n[nH]c(=O)n2C(C=O)CCC(N)=O)c(O)cc1O. The zero-order valence-corrected chi connectivity index (χ0v) is 13.9. The minimum Gasteiger partial charge on any atom is -0.508 e. The van der Waals surface area contributed by atoms with Crippen molar-refractivity contribution in [3.05, 3.63) is 28.2 Å². The fraction of sp³-hybridized carbons (Fsp3) is 0.375. The number of aromatic hydroxyl groups is 2. The molecule has 2 aromatic rings. The number of hydrogen-bond donors (Lipinski definition) is 4. The van der Waals surface area contributed by atoms with Gasteiger partial charge in [0, 0.05) is 12.5 Å². The quantitative estimate of drug-likeness (QED) is 0.543. The van der Waals surface area contributed by atoms with Crippen molar-refractivity contribution < 1.29 is 19.8 Å². The van der Waals surface area contributed by atoms with Gasteiger partial charge in [0.1, 0.15) is 17.8 Å². The van der Waals surface area contributed by atoms with Gasteiger partial charge in [-0.3, -0.25) is 9.36 Å². The second-order valence-electron chi connectivity index (χ2n) is 6.01. The fourth-order valence-electron chi connectivity index (χ4n) is 2.59. The van der Waals surface area contributed by atoms with Crippen LogP contribution < -0.4 is 11.4 Å². The van der Waals surface area contributed by atoms with Crippen molar-refractivity contribution in [3.8, 4) is 22.9 Å². The number of rotatable bonds is 7. The van der Waals surface area contributed by atoms with Crippen LogP contribution in [0.25, 0.3) is 11.4 Å². The van der Waals surface area contributed by atoms with Crippen LogP contribution >= 0.6 is 0 Å². The Kier molecular flexibility index (Phi) is 5.26. The number of phenols is 2. The number of nitrogens with two attached hydrogens (primary N) is 1. The minimum absolute atomic E-state index is 0.0289. The lowest BCUT2D eigenvalue weighted by Gasteiger charge is -2.15. The second kappa shape index (κ2) is 7.20. The number of aldehydes is 1. The van der Waals surface area contributed by atoms with Gasteiger partial charge in [-0.25, -0.2) is 9.89 Å². The average Bonchev–Trinajstić information content (AvgIpc) is 2.89. The summed E-state index contributed by atoms with van der Waals surface area (Å²) >= 11 is 0. The molecular formula is C16H20N4O5. The van der Waals surface area contributed by atoms with Crippen molar-refractivity contribution in [2.45, 2.75) is 38.6 Å². The molecule has 0 saturated heterocycles. The first kappa shape index (κ1) is 18.2. The first-order chi connectivity index (χ1) is 11.8. The van der Waals surface area contributed by atoms with E-state index in [-0.39, 0.29) is 41.6 Å². The van der Waals surface area contributed by atoms with Crippen LogP contribution in [0.4, 0.5) is 0 Å². The minimum atomic E-state index is -0.968. The Bertz CT molecular complexity index is 853. The molecule has 0 aliphatic rings. The molecule has 25 heavy (non-hydrogen) atoms. The van der Waals surface area contributed by atoms with Crippen LogP contribution in [0.2, 0.25) is 0 Å². The van der Waals surface area contributed by atoms with E-state index in [9.17, 15) is 24.6 Å². The molecule has 9 heteroatoms. The summed E-state index contributed by atoms with van der Waals surface area (Å²) in [5.74, 6) is -0.983. The van der Waals surface area contributed by atoms with Gasteiger partial charge >= 0.3 is 5.69 Å². The second-order valence-corrected chi connectivity index (χ2v) is 6.01. The molecule has 1 aromatic carbocycles. The maximum Gasteiger partial charge on any atom is 0.344 e. The Hall–Kier alpha value is -3.10. The van der Waals surface area contributed by atoms with Gasteiger partial charge in [-0.15, -0.1) is 0 Å². The number of nitrogens with one attached hydrogen (secondary N) is 1. The Morgan fingerprint density at radius 3 is 2.60 bits per heavy atom. The predicted octanol–water partition coefficient (Wildman–Crippen LogP) is 0.778. The summed E-state index contributed by atoms with van der Waals surface area (Å²) in [6, 6.07) is 1.70. The number of aromatic amines is 1. The summed E-state index contributed by atoms with van der Waals surface area (Å²) in [6.45, 7) is 3.71. The summed E-state index contributed by atoms with van der Waals surface area (Å²) in [5.41, 5.74) is 5.18. The standard InChI is InChI=1S/C16H20N4O5/c1-8(2)10-5-11(13(23)6-12(10)22)15-18-19-16(25)20(15)9(7-21)3-4-14(17)24/h5-9,22-23H,3-4H2,1-2H3,(H2,17,24)(H,19,25). The highest BCUT2D eigenvalue weighted by Gasteiger charge is 2.23. The Morgan fingerprint density at radius 1 is 1.36 bits per heavy atom. The van der Waals surface area contributed by atoms with E-state index in [1.165, 1.54) is 6.07 Å². The van der Waals surface area contributed by atoms with E-state index in [0.29, 0.717) is 11.8 Å². The number of H-pyrrole nitrogens is 1. The van der Waals surface area contributed by atoms with E-state index in [1.54, 1.807) is 0 Å². The molecule has 134 valence electrons. The fourth-order valence-corrected chi connectivity index (χ4v) is 2.59. The average molecular weight is 348 g/mol. The summed E-state index contributed by atoms with van der Waals surface area (Å²) < 4.78 is 1.06. The number of carbonyl (C=O) groups excluding carboxylic acids is 2. The van der Waals surface area contributed by atoms with Gasteiger partial charge < -0.3 is 20.7 Å². The molecule has 0 aliphatic heterocycles. The summed E-state index contributed by atoms with van der Waals surface area (Å²) in [6.07, 6.45) is 0.463. The highest BCUT2D eigenvalue weighted by molar-refractivity contribution is 5.74. The van der Waals surface area contributed by atoms with E-state index in [1.807, 2.05) is 13.8 Å². The van der Waals surface area contributed by atoms with Crippen LogP contribution in [0.5, 0.6) is 11.5 Å². The van der Waals surface area contributed by atoms with Gasteiger partial charge in [-0.1, -0.05) is 13.8 Å². The van der Waals surface area contributed by atoms with Crippen LogP contribution in [0.1, 0.15) is 44.2 Å². The first-order valence-electron chi connectivity index (χ1n) is 7.73. The molecule has 9 nitrogen and oxygen atoms in total. The number of hydrogen-bond acceptors (Lipinski definition) is 6. The summed E-state index contributed by atoms with van der Waals surface area (Å²) in [4.78, 5) is 34.5. The normalized spacial score (nSPS) is 12.3. The molecule has 0 bridgehead atoms. The lowest BCUT2D eigenvalue weighted by atomic mass is 9.98. The summed E-state index contributed by atoms with van der Waals surface area (Å²) in [5, 5.41) is 26.2. The molecule has 2 rings (SSSR count). The van der Waals surface area contributed by atoms with Gasteiger partial charge in [0.05, 0.1) is 11.6 Å². The largest absolute Gasteiger partial charge is 0.508 e. The van der Waals surface area contributed by atoms with Crippen molar-refractivity contribution in [3.63, 3.8) is 0 Å². The molecule has 5 N–H and O–H groups in total. The lowest BCUT2D eigenvalue weighted by Crippen LogP contribution is -2.25. The van der Waals surface area contributed by atoms with Crippen molar-refractivity contribution in [2.24, 2.45) is 5.73 Å². The van der Waals surface area contributed by atoms with Crippen molar-refractivity contribution in [1.29, 1.82) is 0 Å². The van der Waals surface area contributed by atoms with Gasteiger partial charge in [0.15, 0.2) is 5.82 Å². The Labute approximate surface area is 143 Å². The molecule has 1 unspecified atom stereocenters. The van der Waals surface area contributed by atoms with Crippen LogP contribution in [0, 0.1) is 0 Å². The Balaban J connectivity index is 2.58. The maximum atomic E-state index is 12.1. The first-order valence-corrected chi connectivity index (χ1v) is 7.73. The summed E-state index contributed by atoms with van der Waals surface area (Å²) in [7, 11) is 0. The van der Waals surface area contributed by atoms with E-state index in [2.05, 4.69) is 10.2 Å². The Morgan fingerprint density at radius 2 is 2.04 bits per heavy atom. The number of benzene rings is 1. The van der Waals surface area contributed by atoms with Gasteiger partial charge in [-0.05, 0) is 24.0 Å². The molecule has 1 heterocycles. The van der Waals surface area contributed by atoms with Gasteiger partial charge in [-0.2, -0.15) is 5.10 Å². The number of carbonyl (C=O) groups is 2. The van der Waals surface area contributed by atoms with Crippen LogP contribution in [-0.2, 0) is 9.59 Å². The topological polar surface area (TPSA) is 151 Å². The number of nitrogens with zero attached hydrogens (tertiary/aromatic N) is 2. The van der Waals surface area contributed by atoms with E-state index in [0.717, 1.165) is 10.6 Å². The third kappa shape index (κ3) is 3.70. The smallest absolute Gasteiger partial charge is 0.344 e. The molecule has 0 spiro atoms. The third-order valence-corrected chi connectivity index (χ3v) is 3.89. The highest BCUT2D eigenvalue weighted by Crippen LogP contribution is 2.37. The number of amides is 1. The number of primary amides is 1. The molecular weight excluding hydrogens is 328 g/mol. The molecule has 1 amide bonds. The molecule has 1 atom stereocenters. The molecule has 0 fully saturated rings. The van der Waals surface area contributed by atoms with Crippen molar-refractivity contribution in [1.82, 2.24) is 14.8 Å². The van der Waals surface area contributed by atoms with E-state index >= 15 is 0 Å². The van der Waals surface area contributed by atoms with E-state index < -0.39 is 17.6 Å². The maximum absolute atomic E-state index is 12.1. The van der Waals surface area contributed by atoms with Crippen molar-refractivity contribution >= 4 is 12.2 Å². The number of phenolic OH excluding ortho intramolecular Hbond substituents is 2. The molecule has 0 aliphatic carbocycles. The number of aromatic nitrogens is 3. The third-order valence-electron chi connectivity index (χ3n) is 3.89. The zero-order chi connectivity index (χ0) is 18.7. The molecule has 0 radical (unpaired) electrons. The lowest BCUT2D eigenvalue weighted by molar-refractivity contribution is -0.118. The van der Waals surface area contributed by atoms with Crippen LogP contribution in [-0.4, -0.2) is 37.2 Å². The highest BCUT2D eigenvalue weighted by atomic mass is 16.3. The van der Waals surface area contributed by atoms with Gasteiger partial charge in [0.25, 0.3) is 0 Å². The zero-order valence-electron chi connectivity index (χ0n) is 13.9. The monoisotopic (exact) mass is 348 g/mol. The van der Waals surface area contributed by atoms with Crippen molar-refractivity contribution in [2.75, 3.05) is 0 Å². The van der Waals surface area contributed by atoms with E-state index in [4.69, 9.17) is 5.73 Å². The van der Waals surface area contributed by atoms with Crippen LogP contribution in [0.3, 0.4) is 0 Å². The molecule has 1 aromatic heterocycles. The van der Waals surface area contributed by atoms with Crippen LogP contribution in [0.15, 0.2) is 16.9 Å². The molecule has 0 saturated carbocycles. The predicted molar refractivity (Wildman–Crippen MR) is 89.2 cm³/mol.